The molecular formula is C23H32N8O3. The molecule has 2 aliphatic rings. The molecule has 0 saturated carbocycles. The first kappa shape index (κ1) is 23.7. The summed E-state index contributed by atoms with van der Waals surface area (Å²) >= 11 is 0. The molecule has 1 atom stereocenters. The highest BCUT2D eigenvalue weighted by Crippen LogP contribution is 2.26. The van der Waals surface area contributed by atoms with Gasteiger partial charge in [-0.05, 0) is 52.9 Å². The van der Waals surface area contributed by atoms with Crippen molar-refractivity contribution in [3.05, 3.63) is 30.6 Å². The number of amides is 3. The second-order valence-corrected chi connectivity index (χ2v) is 9.65. The Kier molecular flexibility index (Phi) is 6.56. The van der Waals surface area contributed by atoms with E-state index in [4.69, 9.17) is 4.74 Å². The zero-order chi connectivity index (χ0) is 24.5. The molecule has 11 nitrogen and oxygen atoms in total. The summed E-state index contributed by atoms with van der Waals surface area (Å²) < 4.78 is 5.37. The van der Waals surface area contributed by atoms with Crippen LogP contribution in [0.5, 0.6) is 0 Å². The molecule has 2 aromatic rings. The number of nitrogens with zero attached hydrogens (tertiary/aromatic N) is 7. The highest BCUT2D eigenvalue weighted by Gasteiger charge is 2.41. The molecule has 182 valence electrons. The third-order valence-electron chi connectivity index (χ3n) is 5.68. The SMILES string of the molecule is C[C@H]1CN(C(=O)OC(C)(C)C)C(=O)N1c1ccnc(Nc2ccc(N3CCN(C)CC3)cn2)n1. The first-order chi connectivity index (χ1) is 16.1. The van der Waals surface area contributed by atoms with Gasteiger partial charge in [0.1, 0.15) is 17.2 Å². The van der Waals surface area contributed by atoms with Crippen LogP contribution >= 0.6 is 0 Å². The average molecular weight is 469 g/mol. The number of carbonyl (C=O) groups is 2. The molecule has 2 aliphatic heterocycles. The van der Waals surface area contributed by atoms with E-state index in [9.17, 15) is 9.59 Å². The van der Waals surface area contributed by atoms with E-state index in [1.807, 2.05) is 25.3 Å². The Balaban J connectivity index is 1.44. The molecule has 0 aromatic carbocycles. The van der Waals surface area contributed by atoms with Crippen molar-refractivity contribution in [2.45, 2.75) is 39.3 Å². The quantitative estimate of drug-likeness (QED) is 0.725. The molecule has 2 saturated heterocycles. The number of rotatable bonds is 4. The van der Waals surface area contributed by atoms with Crippen molar-refractivity contribution in [2.75, 3.05) is 54.9 Å². The molecule has 0 radical (unpaired) electrons. The Morgan fingerprint density at radius 1 is 1.12 bits per heavy atom. The molecular weight excluding hydrogens is 436 g/mol. The largest absolute Gasteiger partial charge is 0.443 e. The molecule has 0 bridgehead atoms. The van der Waals surface area contributed by atoms with Crippen LogP contribution in [0.25, 0.3) is 0 Å². The van der Waals surface area contributed by atoms with Crippen LogP contribution in [-0.4, -0.2) is 88.3 Å². The number of nitrogens with one attached hydrogen (secondary N) is 1. The maximum atomic E-state index is 13.0. The highest BCUT2D eigenvalue weighted by atomic mass is 16.6. The Labute approximate surface area is 199 Å². The first-order valence-electron chi connectivity index (χ1n) is 11.4. The Morgan fingerprint density at radius 3 is 2.50 bits per heavy atom. The number of ether oxygens (including phenoxy) is 1. The van der Waals surface area contributed by atoms with Gasteiger partial charge in [0.05, 0.1) is 24.5 Å². The number of hydrogen-bond donors (Lipinski definition) is 1. The number of carbonyl (C=O) groups excluding carboxylic acids is 2. The van der Waals surface area contributed by atoms with Crippen LogP contribution in [0, 0.1) is 0 Å². The number of imide groups is 1. The van der Waals surface area contributed by atoms with E-state index >= 15 is 0 Å². The van der Waals surface area contributed by atoms with Gasteiger partial charge in [0.15, 0.2) is 0 Å². The summed E-state index contributed by atoms with van der Waals surface area (Å²) in [6, 6.07) is 4.82. The molecule has 0 unspecified atom stereocenters. The minimum atomic E-state index is -0.688. The van der Waals surface area contributed by atoms with E-state index in [1.165, 1.54) is 4.90 Å². The summed E-state index contributed by atoms with van der Waals surface area (Å²) in [5.74, 6) is 1.31. The molecule has 4 heterocycles. The van der Waals surface area contributed by atoms with E-state index in [1.54, 1.807) is 33.0 Å². The van der Waals surface area contributed by atoms with Gasteiger partial charge < -0.3 is 19.9 Å². The summed E-state index contributed by atoms with van der Waals surface area (Å²) in [6.07, 6.45) is 2.74. The summed E-state index contributed by atoms with van der Waals surface area (Å²) in [5, 5.41) is 3.10. The number of aromatic nitrogens is 3. The Morgan fingerprint density at radius 2 is 1.85 bits per heavy atom. The standard InChI is InChI=1S/C23H32N8O3/c1-16-15-30(22(33)34-23(2,3)4)21(32)31(16)19-8-9-24-20(27-19)26-18-7-6-17(14-25-18)29-12-10-28(5)11-13-29/h6-9,14,16H,10-13,15H2,1-5H3,(H,24,25,26,27)/t16-/m0/s1. The van der Waals surface area contributed by atoms with Crippen molar-refractivity contribution in [1.82, 2.24) is 24.8 Å². The van der Waals surface area contributed by atoms with Crippen molar-refractivity contribution >= 4 is 35.4 Å². The predicted molar refractivity (Wildman–Crippen MR) is 130 cm³/mol. The number of urea groups is 1. The fourth-order valence-electron chi connectivity index (χ4n) is 3.91. The predicted octanol–water partition coefficient (Wildman–Crippen LogP) is 2.93. The third kappa shape index (κ3) is 5.36. The lowest BCUT2D eigenvalue weighted by atomic mass is 10.2. The highest BCUT2D eigenvalue weighted by molar-refractivity contribution is 6.03. The molecule has 2 aromatic heterocycles. The maximum absolute atomic E-state index is 13.0. The van der Waals surface area contributed by atoms with Gasteiger partial charge in [-0.3, -0.25) is 4.90 Å². The lowest BCUT2D eigenvalue weighted by Gasteiger charge is -2.33. The van der Waals surface area contributed by atoms with Gasteiger partial charge in [0.25, 0.3) is 0 Å². The van der Waals surface area contributed by atoms with Crippen LogP contribution in [-0.2, 0) is 4.74 Å². The van der Waals surface area contributed by atoms with Crippen molar-refractivity contribution < 1.29 is 14.3 Å². The summed E-state index contributed by atoms with van der Waals surface area (Å²) in [4.78, 5) is 45.9. The first-order valence-corrected chi connectivity index (χ1v) is 11.4. The van der Waals surface area contributed by atoms with Crippen molar-refractivity contribution in [1.29, 1.82) is 0 Å². The monoisotopic (exact) mass is 468 g/mol. The van der Waals surface area contributed by atoms with Crippen molar-refractivity contribution in [3.63, 3.8) is 0 Å². The third-order valence-corrected chi connectivity index (χ3v) is 5.68. The summed E-state index contributed by atoms with van der Waals surface area (Å²) in [6.45, 7) is 11.4. The van der Waals surface area contributed by atoms with Gasteiger partial charge >= 0.3 is 12.1 Å². The average Bonchev–Trinajstić information content (AvgIpc) is 3.08. The molecule has 3 amide bonds. The van der Waals surface area contributed by atoms with Gasteiger partial charge in [-0.15, -0.1) is 0 Å². The molecule has 11 heteroatoms. The van der Waals surface area contributed by atoms with Gasteiger partial charge in [-0.25, -0.2) is 24.5 Å². The lowest BCUT2D eigenvalue weighted by Crippen LogP contribution is -2.44. The van der Waals surface area contributed by atoms with Crippen LogP contribution in [0.3, 0.4) is 0 Å². The van der Waals surface area contributed by atoms with E-state index in [0.717, 1.165) is 36.8 Å². The van der Waals surface area contributed by atoms with E-state index in [-0.39, 0.29) is 12.6 Å². The van der Waals surface area contributed by atoms with Gasteiger partial charge in [0, 0.05) is 32.4 Å². The number of pyridine rings is 1. The molecule has 2 fully saturated rings. The van der Waals surface area contributed by atoms with E-state index in [2.05, 4.69) is 37.1 Å². The summed E-state index contributed by atoms with van der Waals surface area (Å²) in [5.41, 5.74) is 0.388. The number of anilines is 4. The van der Waals surface area contributed by atoms with Crippen LogP contribution in [0.4, 0.5) is 32.9 Å². The van der Waals surface area contributed by atoms with Crippen LogP contribution in [0.2, 0.25) is 0 Å². The minimum Gasteiger partial charge on any atom is -0.443 e. The topological polar surface area (TPSA) is 107 Å². The van der Waals surface area contributed by atoms with E-state index in [0.29, 0.717) is 17.6 Å². The molecule has 1 N–H and O–H groups in total. The van der Waals surface area contributed by atoms with Gasteiger partial charge in [-0.1, -0.05) is 0 Å². The van der Waals surface area contributed by atoms with Crippen LogP contribution in [0.15, 0.2) is 30.6 Å². The number of piperazine rings is 1. The Bertz CT molecular complexity index is 1030. The summed E-state index contributed by atoms with van der Waals surface area (Å²) in [7, 11) is 2.13. The van der Waals surface area contributed by atoms with E-state index < -0.39 is 17.7 Å². The van der Waals surface area contributed by atoms with Crippen molar-refractivity contribution in [2.24, 2.45) is 0 Å². The molecule has 4 rings (SSSR count). The van der Waals surface area contributed by atoms with Crippen LogP contribution in [0.1, 0.15) is 27.7 Å². The second kappa shape index (κ2) is 9.41. The maximum Gasteiger partial charge on any atom is 0.418 e. The lowest BCUT2D eigenvalue weighted by molar-refractivity contribution is 0.0350. The molecule has 0 aliphatic carbocycles. The molecule has 0 spiro atoms. The minimum absolute atomic E-state index is 0.218. The fourth-order valence-corrected chi connectivity index (χ4v) is 3.91. The number of likely N-dealkylation sites (N-methyl/N-ethyl adjacent to an activating group) is 1. The smallest absolute Gasteiger partial charge is 0.418 e. The normalized spacial score (nSPS) is 19.5. The fraction of sp³-hybridized carbons (Fsp3) is 0.522. The zero-order valence-electron chi connectivity index (χ0n) is 20.4. The van der Waals surface area contributed by atoms with Gasteiger partial charge in [-0.2, -0.15) is 4.98 Å². The molecule has 34 heavy (non-hydrogen) atoms. The second-order valence-electron chi connectivity index (χ2n) is 9.65. The number of hydrogen-bond acceptors (Lipinski definition) is 9. The van der Waals surface area contributed by atoms with Gasteiger partial charge in [0.2, 0.25) is 5.95 Å². The van der Waals surface area contributed by atoms with Crippen LogP contribution < -0.4 is 15.1 Å². The van der Waals surface area contributed by atoms with Crippen molar-refractivity contribution in [3.8, 4) is 0 Å². The zero-order valence-corrected chi connectivity index (χ0v) is 20.4. The Hall–Kier alpha value is -3.47.